The van der Waals surface area contributed by atoms with Gasteiger partial charge in [-0.1, -0.05) is 71.6 Å². The van der Waals surface area contributed by atoms with Crippen LogP contribution in [0.5, 0.6) is 0 Å². The van der Waals surface area contributed by atoms with E-state index in [2.05, 4.69) is 63.9 Å². The molecule has 35 heavy (non-hydrogen) atoms. The van der Waals surface area contributed by atoms with Crippen molar-refractivity contribution in [3.8, 4) is 0 Å². The van der Waals surface area contributed by atoms with Gasteiger partial charge in [0.05, 0.1) is 0 Å². The maximum absolute atomic E-state index is 6.40. The molecule has 3 N–H and O–H groups in total. The second-order valence-corrected chi connectivity index (χ2v) is 12.2. The van der Waals surface area contributed by atoms with Crippen molar-refractivity contribution in [2.75, 3.05) is 11.1 Å². The van der Waals surface area contributed by atoms with E-state index in [1.54, 1.807) is 5.56 Å². The standard InChI is InChI=1S/C33H48N2/c1-6-18-33(4,5)22-24(3)35-32-19-23(2)30(28-12-9-13-29(28)32)21-26-15-17-31(34)27(20-26)16-14-25-10-7-8-11-25/h15,17,19-20,25,35H,3,6-14,16,18,21-22,34H2,1-2,4-5H3. The minimum absolute atomic E-state index is 0.293. The Balaban J connectivity index is 1.51. The molecule has 0 saturated heterocycles. The quantitative estimate of drug-likeness (QED) is 0.320. The minimum Gasteiger partial charge on any atom is -0.399 e. The van der Waals surface area contributed by atoms with Crippen molar-refractivity contribution < 1.29 is 0 Å². The molecule has 0 spiro atoms. The maximum Gasteiger partial charge on any atom is 0.0419 e. The van der Waals surface area contributed by atoms with Crippen molar-refractivity contribution in [3.05, 3.63) is 69.9 Å². The topological polar surface area (TPSA) is 38.0 Å². The fraction of sp³-hybridized carbons (Fsp3) is 0.576. The third-order valence-electron chi connectivity index (χ3n) is 8.56. The molecule has 0 unspecified atom stereocenters. The Bertz CT molecular complexity index is 1040. The van der Waals surface area contributed by atoms with Crippen LogP contribution in [0.3, 0.4) is 0 Å². The highest BCUT2D eigenvalue weighted by molar-refractivity contribution is 5.64. The fourth-order valence-corrected chi connectivity index (χ4v) is 6.79. The molecular formula is C33H48N2. The van der Waals surface area contributed by atoms with Crippen molar-refractivity contribution in [3.63, 3.8) is 0 Å². The molecule has 2 aliphatic carbocycles. The van der Waals surface area contributed by atoms with Crippen LogP contribution >= 0.6 is 0 Å². The summed E-state index contributed by atoms with van der Waals surface area (Å²) in [5.41, 5.74) is 18.9. The predicted molar refractivity (Wildman–Crippen MR) is 153 cm³/mol. The molecule has 2 heteroatoms. The molecule has 1 fully saturated rings. The minimum atomic E-state index is 0.293. The third kappa shape index (κ3) is 6.51. The first-order chi connectivity index (χ1) is 16.8. The molecule has 2 aromatic carbocycles. The lowest BCUT2D eigenvalue weighted by atomic mass is 9.83. The summed E-state index contributed by atoms with van der Waals surface area (Å²) in [6.45, 7) is 13.7. The van der Waals surface area contributed by atoms with Crippen LogP contribution in [0.25, 0.3) is 0 Å². The van der Waals surface area contributed by atoms with Crippen molar-refractivity contribution in [2.24, 2.45) is 11.3 Å². The molecule has 0 radical (unpaired) electrons. The van der Waals surface area contributed by atoms with Gasteiger partial charge in [0.15, 0.2) is 0 Å². The Morgan fingerprint density at radius 2 is 1.83 bits per heavy atom. The van der Waals surface area contributed by atoms with E-state index in [9.17, 15) is 0 Å². The summed E-state index contributed by atoms with van der Waals surface area (Å²) in [7, 11) is 0. The largest absolute Gasteiger partial charge is 0.399 e. The number of hydrogen-bond donors (Lipinski definition) is 2. The molecule has 0 aromatic heterocycles. The van der Waals surface area contributed by atoms with E-state index in [0.717, 1.165) is 36.6 Å². The number of benzene rings is 2. The number of hydrogen-bond acceptors (Lipinski definition) is 2. The van der Waals surface area contributed by atoms with Crippen LogP contribution in [-0.2, 0) is 25.7 Å². The molecule has 0 amide bonds. The van der Waals surface area contributed by atoms with E-state index in [0.29, 0.717) is 5.41 Å². The normalized spacial score (nSPS) is 16.0. The molecule has 0 bridgehead atoms. The zero-order valence-corrected chi connectivity index (χ0v) is 22.9. The molecule has 0 aliphatic heterocycles. The number of aryl methyl sites for hydroxylation is 2. The number of nitrogens with two attached hydrogens (primary N) is 1. The number of anilines is 2. The molecule has 2 aliphatic rings. The number of allylic oxidation sites excluding steroid dienone is 1. The summed E-state index contributed by atoms with van der Waals surface area (Å²) in [6.07, 6.45) is 16.2. The lowest BCUT2D eigenvalue weighted by molar-refractivity contribution is 0.329. The Kier molecular flexibility index (Phi) is 8.30. The monoisotopic (exact) mass is 472 g/mol. The first-order valence-corrected chi connectivity index (χ1v) is 14.2. The second kappa shape index (κ2) is 11.2. The van der Waals surface area contributed by atoms with Crippen LogP contribution in [0.15, 0.2) is 36.5 Å². The summed E-state index contributed by atoms with van der Waals surface area (Å²) in [6, 6.07) is 9.18. The summed E-state index contributed by atoms with van der Waals surface area (Å²) in [4.78, 5) is 0. The molecule has 4 rings (SSSR count). The van der Waals surface area contributed by atoms with Gasteiger partial charge in [-0.2, -0.15) is 0 Å². The summed E-state index contributed by atoms with van der Waals surface area (Å²) in [5, 5.41) is 3.74. The highest BCUT2D eigenvalue weighted by atomic mass is 14.9. The summed E-state index contributed by atoms with van der Waals surface area (Å²) >= 11 is 0. The van der Waals surface area contributed by atoms with Crippen LogP contribution in [0, 0.1) is 18.3 Å². The number of nitrogens with one attached hydrogen (secondary N) is 1. The number of rotatable bonds is 11. The molecule has 2 aromatic rings. The van der Waals surface area contributed by atoms with E-state index in [1.165, 1.54) is 97.7 Å². The highest BCUT2D eigenvalue weighted by Gasteiger charge is 2.23. The van der Waals surface area contributed by atoms with Gasteiger partial charge in [-0.15, -0.1) is 0 Å². The SMILES string of the molecule is C=C(CC(C)(C)CCC)Nc1cc(C)c(Cc2ccc(N)c(CCC3CCCC3)c2)c2c1CCC2. The van der Waals surface area contributed by atoms with E-state index >= 15 is 0 Å². The van der Waals surface area contributed by atoms with Gasteiger partial charge in [0.1, 0.15) is 0 Å². The average molecular weight is 473 g/mol. The van der Waals surface area contributed by atoms with Gasteiger partial charge in [-0.3, -0.25) is 0 Å². The average Bonchev–Trinajstić information content (AvgIpc) is 3.48. The maximum atomic E-state index is 6.40. The number of fused-ring (bicyclic) bond motifs is 1. The molecule has 0 atom stereocenters. The van der Waals surface area contributed by atoms with Gasteiger partial charge >= 0.3 is 0 Å². The number of nitrogen functional groups attached to an aromatic ring is 1. The van der Waals surface area contributed by atoms with Gasteiger partial charge in [0, 0.05) is 17.1 Å². The highest BCUT2D eigenvalue weighted by Crippen LogP contribution is 2.38. The van der Waals surface area contributed by atoms with Crippen molar-refractivity contribution in [2.45, 2.75) is 111 Å². The third-order valence-corrected chi connectivity index (χ3v) is 8.56. The summed E-state index contributed by atoms with van der Waals surface area (Å²) < 4.78 is 0. The van der Waals surface area contributed by atoms with Crippen LogP contribution in [0.4, 0.5) is 11.4 Å². The molecule has 2 nitrogen and oxygen atoms in total. The van der Waals surface area contributed by atoms with Crippen molar-refractivity contribution in [1.29, 1.82) is 0 Å². The van der Waals surface area contributed by atoms with Gasteiger partial charge in [-0.05, 0) is 115 Å². The Labute approximate surface area is 214 Å². The fourth-order valence-electron chi connectivity index (χ4n) is 6.79. The Morgan fingerprint density at radius 1 is 1.09 bits per heavy atom. The van der Waals surface area contributed by atoms with Crippen LogP contribution in [0.2, 0.25) is 0 Å². The van der Waals surface area contributed by atoms with E-state index in [4.69, 9.17) is 5.73 Å². The zero-order valence-electron chi connectivity index (χ0n) is 22.9. The van der Waals surface area contributed by atoms with E-state index < -0.39 is 0 Å². The first-order valence-electron chi connectivity index (χ1n) is 14.2. The summed E-state index contributed by atoms with van der Waals surface area (Å²) in [5.74, 6) is 0.908. The Hall–Kier alpha value is -2.22. The Morgan fingerprint density at radius 3 is 2.57 bits per heavy atom. The zero-order chi connectivity index (χ0) is 25.0. The second-order valence-electron chi connectivity index (χ2n) is 12.2. The molecule has 1 saturated carbocycles. The van der Waals surface area contributed by atoms with Gasteiger partial charge in [0.2, 0.25) is 0 Å². The van der Waals surface area contributed by atoms with Gasteiger partial charge in [0.25, 0.3) is 0 Å². The lowest BCUT2D eigenvalue weighted by Gasteiger charge is -2.26. The first kappa shape index (κ1) is 25.9. The molecule has 0 heterocycles. The van der Waals surface area contributed by atoms with Crippen LogP contribution < -0.4 is 11.1 Å². The van der Waals surface area contributed by atoms with Gasteiger partial charge < -0.3 is 11.1 Å². The molecule has 190 valence electrons. The van der Waals surface area contributed by atoms with Crippen molar-refractivity contribution >= 4 is 11.4 Å². The lowest BCUT2D eigenvalue weighted by Crippen LogP contribution is -2.15. The van der Waals surface area contributed by atoms with Crippen molar-refractivity contribution in [1.82, 2.24) is 0 Å². The van der Waals surface area contributed by atoms with E-state index in [-0.39, 0.29) is 0 Å². The smallest absolute Gasteiger partial charge is 0.0419 e. The molecular weight excluding hydrogens is 424 g/mol. The van der Waals surface area contributed by atoms with Gasteiger partial charge in [-0.25, -0.2) is 0 Å². The van der Waals surface area contributed by atoms with Crippen LogP contribution in [0.1, 0.15) is 112 Å². The van der Waals surface area contributed by atoms with Crippen LogP contribution in [-0.4, -0.2) is 0 Å². The predicted octanol–water partition coefficient (Wildman–Crippen LogP) is 8.92. The van der Waals surface area contributed by atoms with E-state index in [1.807, 2.05) is 0 Å².